The van der Waals surface area contributed by atoms with Gasteiger partial charge in [0.05, 0.1) is 16.1 Å². The van der Waals surface area contributed by atoms with E-state index in [2.05, 4.69) is 4.72 Å². The molecule has 8 heteroatoms. The van der Waals surface area contributed by atoms with Crippen LogP contribution in [0.1, 0.15) is 58.2 Å². The molecule has 164 valence electrons. The van der Waals surface area contributed by atoms with E-state index in [9.17, 15) is 28.2 Å². The first-order valence-corrected chi connectivity index (χ1v) is 11.3. The van der Waals surface area contributed by atoms with Gasteiger partial charge in [-0.05, 0) is 29.2 Å². The number of hydrogen-bond acceptors (Lipinski definition) is 6. The van der Waals surface area contributed by atoms with E-state index in [-0.39, 0.29) is 32.6 Å². The third-order valence-corrected chi connectivity index (χ3v) is 6.82. The number of carbonyl (C=O) groups is 2. The van der Waals surface area contributed by atoms with Crippen molar-refractivity contribution in [3.05, 3.63) is 82.4 Å². The van der Waals surface area contributed by atoms with Crippen LogP contribution in [0.3, 0.4) is 0 Å². The van der Waals surface area contributed by atoms with Crippen LogP contribution in [0, 0.1) is 0 Å². The van der Waals surface area contributed by atoms with E-state index in [1.54, 1.807) is 24.3 Å². The van der Waals surface area contributed by atoms with Gasteiger partial charge >= 0.3 is 0 Å². The summed E-state index contributed by atoms with van der Waals surface area (Å²) in [5.41, 5.74) is 0.0684. The Morgan fingerprint density at radius 3 is 1.91 bits per heavy atom. The average molecular weight is 452 g/mol. The normalized spacial score (nSPS) is 13.5. The van der Waals surface area contributed by atoms with Gasteiger partial charge in [0.1, 0.15) is 0 Å². The Balaban J connectivity index is 1.77. The Labute approximate surface area is 185 Å². The standard InChI is InChI=1S/C24H21NO6S/c1-24(2,3)13-8-10-14(11-9-13)32(30,31)25-18-12-17-19(23(29)22(18)28)21(27)16-7-5-4-6-15(16)20(17)26/h4-12,25,28-29H,1-3H3. The maximum atomic E-state index is 12.9. The Kier molecular flexibility index (Phi) is 4.86. The molecule has 1 aliphatic rings. The van der Waals surface area contributed by atoms with Crippen molar-refractivity contribution < 1.29 is 28.2 Å². The summed E-state index contributed by atoms with van der Waals surface area (Å²) < 4.78 is 28.0. The maximum absolute atomic E-state index is 12.9. The first kappa shape index (κ1) is 21.6. The van der Waals surface area contributed by atoms with Crippen LogP contribution in [0.4, 0.5) is 5.69 Å². The number of phenols is 2. The molecule has 0 spiro atoms. The highest BCUT2D eigenvalue weighted by Crippen LogP contribution is 2.43. The van der Waals surface area contributed by atoms with Crippen molar-refractivity contribution in [3.8, 4) is 11.5 Å². The summed E-state index contributed by atoms with van der Waals surface area (Å²) >= 11 is 0. The zero-order chi connectivity index (χ0) is 23.4. The minimum absolute atomic E-state index is 0.0603. The predicted octanol–water partition coefficient (Wildman–Crippen LogP) is 3.97. The highest BCUT2D eigenvalue weighted by Gasteiger charge is 2.35. The molecule has 0 saturated heterocycles. The molecule has 0 atom stereocenters. The molecule has 0 saturated carbocycles. The third kappa shape index (κ3) is 3.42. The Hall–Kier alpha value is -3.65. The first-order chi connectivity index (χ1) is 14.9. The van der Waals surface area contributed by atoms with E-state index < -0.39 is 38.8 Å². The Bertz CT molecular complexity index is 1380. The molecule has 0 heterocycles. The van der Waals surface area contributed by atoms with Gasteiger partial charge < -0.3 is 10.2 Å². The lowest BCUT2D eigenvalue weighted by Crippen LogP contribution is -2.22. The summed E-state index contributed by atoms with van der Waals surface area (Å²) in [5.74, 6) is -2.87. The van der Waals surface area contributed by atoms with E-state index in [0.29, 0.717) is 0 Å². The number of carbonyl (C=O) groups excluding carboxylic acids is 2. The number of rotatable bonds is 3. The number of fused-ring (bicyclic) bond motifs is 2. The van der Waals surface area contributed by atoms with Crippen molar-refractivity contribution in [2.45, 2.75) is 31.1 Å². The van der Waals surface area contributed by atoms with Gasteiger partial charge in [-0.1, -0.05) is 57.2 Å². The van der Waals surface area contributed by atoms with E-state index in [0.717, 1.165) is 11.6 Å². The van der Waals surface area contributed by atoms with Gasteiger partial charge in [-0.2, -0.15) is 0 Å². The second-order valence-electron chi connectivity index (χ2n) is 8.63. The fourth-order valence-corrected chi connectivity index (χ4v) is 4.70. The molecule has 0 radical (unpaired) electrons. The summed E-state index contributed by atoms with van der Waals surface area (Å²) in [6.45, 7) is 6.00. The van der Waals surface area contributed by atoms with Crippen LogP contribution in [0.2, 0.25) is 0 Å². The number of ketones is 2. The number of benzene rings is 3. The van der Waals surface area contributed by atoms with Gasteiger partial charge in [-0.15, -0.1) is 0 Å². The van der Waals surface area contributed by atoms with Crippen LogP contribution in [0.5, 0.6) is 11.5 Å². The topological polar surface area (TPSA) is 121 Å². The summed E-state index contributed by atoms with van der Waals surface area (Å²) in [6, 6.07) is 13.4. The molecule has 1 aliphatic carbocycles. The zero-order valence-electron chi connectivity index (χ0n) is 17.6. The minimum Gasteiger partial charge on any atom is -0.504 e. The summed E-state index contributed by atoms with van der Waals surface area (Å²) in [5, 5.41) is 20.9. The molecule has 3 aromatic rings. The molecule has 0 bridgehead atoms. The highest BCUT2D eigenvalue weighted by atomic mass is 32.2. The maximum Gasteiger partial charge on any atom is 0.262 e. The van der Waals surface area contributed by atoms with Gasteiger partial charge in [-0.3, -0.25) is 14.3 Å². The van der Waals surface area contributed by atoms with Crippen LogP contribution in [0.25, 0.3) is 0 Å². The molecule has 4 rings (SSSR count). The van der Waals surface area contributed by atoms with Gasteiger partial charge in [0.25, 0.3) is 10.0 Å². The van der Waals surface area contributed by atoms with Crippen molar-refractivity contribution in [2.75, 3.05) is 4.72 Å². The molecule has 3 N–H and O–H groups in total. The fourth-order valence-electron chi connectivity index (χ4n) is 3.64. The molecule has 0 unspecified atom stereocenters. The smallest absolute Gasteiger partial charge is 0.262 e. The molecule has 32 heavy (non-hydrogen) atoms. The lowest BCUT2D eigenvalue weighted by Gasteiger charge is -2.21. The predicted molar refractivity (Wildman–Crippen MR) is 119 cm³/mol. The molecule has 0 aromatic heterocycles. The van der Waals surface area contributed by atoms with E-state index in [4.69, 9.17) is 0 Å². The minimum atomic E-state index is -4.15. The lowest BCUT2D eigenvalue weighted by atomic mass is 9.83. The number of nitrogens with one attached hydrogen (secondary N) is 1. The van der Waals surface area contributed by atoms with Crippen LogP contribution < -0.4 is 4.72 Å². The van der Waals surface area contributed by atoms with Crippen molar-refractivity contribution >= 4 is 27.3 Å². The fraction of sp³-hybridized carbons (Fsp3) is 0.167. The largest absolute Gasteiger partial charge is 0.504 e. The Morgan fingerprint density at radius 1 is 0.781 bits per heavy atom. The number of phenolic OH excluding ortho intramolecular Hbond substituents is 2. The van der Waals surface area contributed by atoms with Crippen molar-refractivity contribution in [1.29, 1.82) is 0 Å². The second-order valence-corrected chi connectivity index (χ2v) is 10.3. The summed E-state index contributed by atoms with van der Waals surface area (Å²) in [6.07, 6.45) is 0. The molecular formula is C24H21NO6S. The van der Waals surface area contributed by atoms with Crippen molar-refractivity contribution in [2.24, 2.45) is 0 Å². The van der Waals surface area contributed by atoms with E-state index in [1.165, 1.54) is 24.3 Å². The van der Waals surface area contributed by atoms with Gasteiger partial charge in [-0.25, -0.2) is 8.42 Å². The van der Waals surface area contributed by atoms with Gasteiger partial charge in [0.15, 0.2) is 23.1 Å². The van der Waals surface area contributed by atoms with Crippen LogP contribution in [0.15, 0.2) is 59.5 Å². The monoisotopic (exact) mass is 451 g/mol. The van der Waals surface area contributed by atoms with Crippen LogP contribution in [-0.4, -0.2) is 30.2 Å². The quantitative estimate of drug-likeness (QED) is 0.405. The summed E-state index contributed by atoms with van der Waals surface area (Å²) in [7, 11) is -4.15. The highest BCUT2D eigenvalue weighted by molar-refractivity contribution is 7.92. The molecule has 3 aromatic carbocycles. The third-order valence-electron chi connectivity index (χ3n) is 5.44. The van der Waals surface area contributed by atoms with Crippen LogP contribution in [-0.2, 0) is 15.4 Å². The molecule has 7 nitrogen and oxygen atoms in total. The second kappa shape index (κ2) is 7.20. The van der Waals surface area contributed by atoms with Crippen molar-refractivity contribution in [1.82, 2.24) is 0 Å². The Morgan fingerprint density at radius 2 is 1.34 bits per heavy atom. The molecule has 0 aliphatic heterocycles. The molecular weight excluding hydrogens is 430 g/mol. The number of aromatic hydroxyl groups is 2. The SMILES string of the molecule is CC(C)(C)c1ccc(S(=O)(=O)Nc2cc3c(c(O)c2O)C(=O)c2ccccc2C3=O)cc1. The number of anilines is 1. The molecule has 0 amide bonds. The van der Waals surface area contributed by atoms with Gasteiger partial charge in [0.2, 0.25) is 0 Å². The molecule has 0 fully saturated rings. The van der Waals surface area contributed by atoms with Gasteiger partial charge in [0, 0.05) is 16.7 Å². The van der Waals surface area contributed by atoms with E-state index >= 15 is 0 Å². The number of sulfonamides is 1. The lowest BCUT2D eigenvalue weighted by molar-refractivity contribution is 0.0976. The van der Waals surface area contributed by atoms with Crippen LogP contribution >= 0.6 is 0 Å². The zero-order valence-corrected chi connectivity index (χ0v) is 18.4. The summed E-state index contributed by atoms with van der Waals surface area (Å²) in [4.78, 5) is 25.6. The van der Waals surface area contributed by atoms with E-state index in [1.807, 2.05) is 20.8 Å². The average Bonchev–Trinajstić information content (AvgIpc) is 2.74. The van der Waals surface area contributed by atoms with Crippen molar-refractivity contribution in [3.63, 3.8) is 0 Å². The number of hydrogen-bond donors (Lipinski definition) is 3. The first-order valence-electron chi connectivity index (χ1n) is 9.82.